The predicted molar refractivity (Wildman–Crippen MR) is 71.9 cm³/mol. The van der Waals surface area contributed by atoms with Crippen LogP contribution in [-0.2, 0) is 10.0 Å². The molecular weight excluding hydrogens is 248 g/mol. The van der Waals surface area contributed by atoms with Gasteiger partial charge < -0.3 is 4.90 Å². The van der Waals surface area contributed by atoms with E-state index in [9.17, 15) is 8.42 Å². The molecule has 0 atom stereocenters. The van der Waals surface area contributed by atoms with Crippen LogP contribution in [0.5, 0.6) is 0 Å². The van der Waals surface area contributed by atoms with E-state index in [2.05, 4.69) is 11.8 Å². The van der Waals surface area contributed by atoms with Gasteiger partial charge in [-0.2, -0.15) is 4.31 Å². The second-order valence-corrected chi connectivity index (χ2v) is 6.44. The van der Waals surface area contributed by atoms with Gasteiger partial charge in [-0.3, -0.25) is 0 Å². The fraction of sp³-hybridized carbons (Fsp3) is 0.538. The Hall–Kier alpha value is -0.910. The summed E-state index contributed by atoms with van der Waals surface area (Å²) in [7, 11) is -3.31. The highest BCUT2D eigenvalue weighted by Gasteiger charge is 2.26. The van der Waals surface area contributed by atoms with Crippen LogP contribution in [0.15, 0.2) is 35.2 Å². The van der Waals surface area contributed by atoms with Gasteiger partial charge in [-0.05, 0) is 31.6 Å². The number of nitrogens with zero attached hydrogens (tertiary/aromatic N) is 2. The van der Waals surface area contributed by atoms with Crippen LogP contribution in [0.4, 0.5) is 0 Å². The van der Waals surface area contributed by atoms with Crippen molar-refractivity contribution in [3.8, 4) is 0 Å². The Morgan fingerprint density at radius 1 is 1.06 bits per heavy atom. The summed E-state index contributed by atoms with van der Waals surface area (Å²) in [4.78, 5) is 2.69. The molecule has 0 unspecified atom stereocenters. The van der Waals surface area contributed by atoms with E-state index in [-0.39, 0.29) is 0 Å². The summed E-state index contributed by atoms with van der Waals surface area (Å²) in [5, 5.41) is 0. The average Bonchev–Trinajstić information content (AvgIpc) is 2.65. The summed E-state index contributed by atoms with van der Waals surface area (Å²) in [6.07, 6.45) is 0.903. The van der Waals surface area contributed by atoms with Gasteiger partial charge >= 0.3 is 0 Å². The van der Waals surface area contributed by atoms with Crippen molar-refractivity contribution in [3.05, 3.63) is 30.3 Å². The van der Waals surface area contributed by atoms with Gasteiger partial charge in [-0.15, -0.1) is 0 Å². The van der Waals surface area contributed by atoms with E-state index in [1.807, 2.05) is 6.07 Å². The third kappa shape index (κ3) is 2.91. The van der Waals surface area contributed by atoms with Crippen molar-refractivity contribution in [2.45, 2.75) is 18.2 Å². The minimum atomic E-state index is -3.31. The molecule has 2 rings (SSSR count). The van der Waals surface area contributed by atoms with Crippen LogP contribution >= 0.6 is 0 Å². The van der Waals surface area contributed by atoms with Gasteiger partial charge in [0.1, 0.15) is 0 Å². The highest BCUT2D eigenvalue weighted by atomic mass is 32.2. The molecule has 18 heavy (non-hydrogen) atoms. The number of likely N-dealkylation sites (N-methyl/N-ethyl adjacent to an activating group) is 1. The number of rotatable bonds is 3. The summed E-state index contributed by atoms with van der Waals surface area (Å²) < 4.78 is 26.5. The van der Waals surface area contributed by atoms with E-state index in [4.69, 9.17) is 0 Å². The molecular formula is C13H20N2O2S. The summed E-state index contributed by atoms with van der Waals surface area (Å²) in [5.74, 6) is 0. The molecule has 1 fully saturated rings. The van der Waals surface area contributed by atoms with Gasteiger partial charge in [0, 0.05) is 19.6 Å². The largest absolute Gasteiger partial charge is 0.302 e. The van der Waals surface area contributed by atoms with Gasteiger partial charge in [-0.25, -0.2) is 8.42 Å². The summed E-state index contributed by atoms with van der Waals surface area (Å²) in [6, 6.07) is 8.70. The Bertz CT molecular complexity index is 473. The Balaban J connectivity index is 2.16. The highest BCUT2D eigenvalue weighted by Crippen LogP contribution is 2.17. The summed E-state index contributed by atoms with van der Waals surface area (Å²) in [5.41, 5.74) is 0. The monoisotopic (exact) mass is 268 g/mol. The fourth-order valence-electron chi connectivity index (χ4n) is 2.25. The second kappa shape index (κ2) is 5.82. The molecule has 1 aliphatic heterocycles. The molecule has 100 valence electrons. The van der Waals surface area contributed by atoms with Crippen molar-refractivity contribution in [2.24, 2.45) is 0 Å². The van der Waals surface area contributed by atoms with E-state index >= 15 is 0 Å². The van der Waals surface area contributed by atoms with E-state index in [0.29, 0.717) is 18.0 Å². The SMILES string of the molecule is CCN1CCCN(S(=O)(=O)c2ccccc2)CC1. The van der Waals surface area contributed by atoms with Gasteiger partial charge in [0.25, 0.3) is 0 Å². The smallest absolute Gasteiger partial charge is 0.243 e. The van der Waals surface area contributed by atoms with E-state index in [1.54, 1.807) is 28.6 Å². The molecule has 0 aliphatic carbocycles. The number of hydrogen-bond acceptors (Lipinski definition) is 3. The maximum Gasteiger partial charge on any atom is 0.243 e. The lowest BCUT2D eigenvalue weighted by molar-refractivity contribution is 0.302. The van der Waals surface area contributed by atoms with E-state index < -0.39 is 10.0 Å². The van der Waals surface area contributed by atoms with Crippen LogP contribution < -0.4 is 0 Å². The molecule has 1 aromatic carbocycles. The third-order valence-corrected chi connectivity index (χ3v) is 5.29. The highest BCUT2D eigenvalue weighted by molar-refractivity contribution is 7.89. The Morgan fingerprint density at radius 2 is 1.78 bits per heavy atom. The van der Waals surface area contributed by atoms with Gasteiger partial charge in [0.15, 0.2) is 0 Å². The van der Waals surface area contributed by atoms with Crippen LogP contribution in [-0.4, -0.2) is 50.3 Å². The maximum absolute atomic E-state index is 12.4. The van der Waals surface area contributed by atoms with E-state index in [0.717, 1.165) is 26.1 Å². The first kappa shape index (κ1) is 13.5. The molecule has 1 aromatic rings. The van der Waals surface area contributed by atoms with Crippen molar-refractivity contribution in [1.29, 1.82) is 0 Å². The van der Waals surface area contributed by atoms with Crippen molar-refractivity contribution in [1.82, 2.24) is 9.21 Å². The minimum absolute atomic E-state index is 0.398. The standard InChI is InChI=1S/C13H20N2O2S/c1-2-14-9-6-10-15(12-11-14)18(16,17)13-7-4-3-5-8-13/h3-5,7-8H,2,6,9-12H2,1H3. The molecule has 4 nitrogen and oxygen atoms in total. The van der Waals surface area contributed by atoms with E-state index in [1.165, 1.54) is 0 Å². The topological polar surface area (TPSA) is 40.6 Å². The molecule has 5 heteroatoms. The van der Waals surface area contributed by atoms with Gasteiger partial charge in [-0.1, -0.05) is 25.1 Å². The molecule has 1 heterocycles. The van der Waals surface area contributed by atoms with Crippen molar-refractivity contribution in [3.63, 3.8) is 0 Å². The van der Waals surface area contributed by atoms with Crippen molar-refractivity contribution < 1.29 is 8.42 Å². The maximum atomic E-state index is 12.4. The van der Waals surface area contributed by atoms with Crippen LogP contribution in [0.25, 0.3) is 0 Å². The molecule has 0 radical (unpaired) electrons. The molecule has 0 bridgehead atoms. The molecule has 1 aliphatic rings. The minimum Gasteiger partial charge on any atom is -0.302 e. The zero-order valence-electron chi connectivity index (χ0n) is 10.7. The summed E-state index contributed by atoms with van der Waals surface area (Å²) >= 11 is 0. The second-order valence-electron chi connectivity index (χ2n) is 4.50. The van der Waals surface area contributed by atoms with Gasteiger partial charge in [0.05, 0.1) is 4.90 Å². The quantitative estimate of drug-likeness (QED) is 0.832. The molecule has 0 aromatic heterocycles. The number of hydrogen-bond donors (Lipinski definition) is 0. The lowest BCUT2D eigenvalue weighted by atomic mass is 10.4. The normalized spacial score (nSPS) is 19.6. The first-order valence-corrected chi connectivity index (χ1v) is 7.86. The lowest BCUT2D eigenvalue weighted by Gasteiger charge is -2.20. The van der Waals surface area contributed by atoms with Crippen molar-refractivity contribution in [2.75, 3.05) is 32.7 Å². The number of benzene rings is 1. The van der Waals surface area contributed by atoms with Crippen LogP contribution in [0.3, 0.4) is 0 Å². The zero-order chi connectivity index (χ0) is 13.0. The Morgan fingerprint density at radius 3 is 2.44 bits per heavy atom. The predicted octanol–water partition coefficient (Wildman–Crippen LogP) is 1.40. The molecule has 0 spiro atoms. The lowest BCUT2D eigenvalue weighted by Crippen LogP contribution is -2.35. The Labute approximate surface area is 109 Å². The van der Waals surface area contributed by atoms with Gasteiger partial charge in [0.2, 0.25) is 10.0 Å². The van der Waals surface area contributed by atoms with Crippen molar-refractivity contribution >= 4 is 10.0 Å². The van der Waals surface area contributed by atoms with Crippen LogP contribution in [0.1, 0.15) is 13.3 Å². The van der Waals surface area contributed by atoms with Crippen LogP contribution in [0, 0.1) is 0 Å². The summed E-state index contributed by atoms with van der Waals surface area (Å²) in [6.45, 7) is 6.11. The van der Waals surface area contributed by atoms with Crippen LogP contribution in [0.2, 0.25) is 0 Å². The average molecular weight is 268 g/mol. The zero-order valence-corrected chi connectivity index (χ0v) is 11.6. The Kier molecular flexibility index (Phi) is 4.37. The molecule has 1 saturated heterocycles. The number of sulfonamides is 1. The first-order valence-electron chi connectivity index (χ1n) is 6.42. The molecule has 0 saturated carbocycles. The fourth-order valence-corrected chi connectivity index (χ4v) is 3.74. The molecule has 0 amide bonds. The first-order chi connectivity index (χ1) is 8.64. The molecule has 0 N–H and O–H groups in total. The third-order valence-electron chi connectivity index (χ3n) is 3.38.